The maximum atomic E-state index is 12.9. The quantitative estimate of drug-likeness (QED) is 0.290. The summed E-state index contributed by atoms with van der Waals surface area (Å²) in [4.78, 5) is 63.4. The molecule has 40 heavy (non-hydrogen) atoms. The van der Waals surface area contributed by atoms with Crippen LogP contribution in [-0.4, -0.2) is 58.6 Å². The van der Waals surface area contributed by atoms with Crippen molar-refractivity contribution < 1.29 is 38.2 Å². The second-order valence-corrected chi connectivity index (χ2v) is 12.6. The number of rotatable bonds is 12. The standard InChI is InChI=1S/C30H46N2O8/c1-28(2,3)38-25(35)18-16-22(27(37)40-30(7,8)9)31-23(33)17-15-21(26(36)39-29(4,5)6)32-24(34)19-20-13-11-10-12-14-20/h10-14,21-22H,15-19H2,1-9H3,(H,31,33)(H,32,34)/t21-,22+/m0/s1. The number of hydrogen-bond acceptors (Lipinski definition) is 8. The molecule has 10 heteroatoms. The number of carbonyl (C=O) groups is 5. The van der Waals surface area contributed by atoms with Crippen LogP contribution in [0.3, 0.4) is 0 Å². The molecular formula is C30H46N2O8. The van der Waals surface area contributed by atoms with Crippen LogP contribution in [0.5, 0.6) is 0 Å². The first-order valence-electron chi connectivity index (χ1n) is 13.5. The van der Waals surface area contributed by atoms with Crippen LogP contribution in [0, 0.1) is 0 Å². The van der Waals surface area contributed by atoms with E-state index in [-0.39, 0.29) is 32.1 Å². The van der Waals surface area contributed by atoms with Crippen molar-refractivity contribution in [3.63, 3.8) is 0 Å². The van der Waals surface area contributed by atoms with Crippen molar-refractivity contribution in [2.45, 2.75) is 123 Å². The molecule has 0 unspecified atom stereocenters. The topological polar surface area (TPSA) is 137 Å². The van der Waals surface area contributed by atoms with Crippen molar-refractivity contribution in [2.75, 3.05) is 0 Å². The van der Waals surface area contributed by atoms with E-state index in [4.69, 9.17) is 14.2 Å². The monoisotopic (exact) mass is 562 g/mol. The van der Waals surface area contributed by atoms with Gasteiger partial charge in [0, 0.05) is 12.8 Å². The van der Waals surface area contributed by atoms with Crippen molar-refractivity contribution in [1.82, 2.24) is 10.6 Å². The number of hydrogen-bond donors (Lipinski definition) is 2. The highest BCUT2D eigenvalue weighted by molar-refractivity contribution is 5.88. The fraction of sp³-hybridized carbons (Fsp3) is 0.633. The van der Waals surface area contributed by atoms with Crippen molar-refractivity contribution in [2.24, 2.45) is 0 Å². The molecule has 0 heterocycles. The number of amides is 2. The molecule has 0 fully saturated rings. The third-order valence-corrected chi connectivity index (χ3v) is 4.98. The Balaban J connectivity index is 2.92. The molecule has 2 N–H and O–H groups in total. The predicted molar refractivity (Wildman–Crippen MR) is 150 cm³/mol. The van der Waals surface area contributed by atoms with Gasteiger partial charge in [-0.3, -0.25) is 14.4 Å². The molecule has 0 aliphatic rings. The summed E-state index contributed by atoms with van der Waals surface area (Å²) in [6, 6.07) is 6.86. The Kier molecular flexibility index (Phi) is 12.8. The number of esters is 3. The van der Waals surface area contributed by atoms with Crippen molar-refractivity contribution in [3.8, 4) is 0 Å². The summed E-state index contributed by atoms with van der Waals surface area (Å²) in [5.74, 6) is -2.82. The van der Waals surface area contributed by atoms with E-state index in [0.29, 0.717) is 0 Å². The van der Waals surface area contributed by atoms with Gasteiger partial charge in [0.15, 0.2) is 0 Å². The zero-order valence-corrected chi connectivity index (χ0v) is 25.3. The van der Waals surface area contributed by atoms with Gasteiger partial charge < -0.3 is 24.8 Å². The summed E-state index contributed by atoms with van der Waals surface area (Å²) in [5, 5.41) is 5.27. The lowest BCUT2D eigenvalue weighted by Gasteiger charge is -2.26. The lowest BCUT2D eigenvalue weighted by molar-refractivity contribution is -0.161. The normalized spacial score (nSPS) is 13.4. The molecule has 0 aliphatic heterocycles. The summed E-state index contributed by atoms with van der Waals surface area (Å²) >= 11 is 0. The van der Waals surface area contributed by atoms with Crippen LogP contribution < -0.4 is 10.6 Å². The number of ether oxygens (including phenoxy) is 3. The Morgan fingerprint density at radius 2 is 1.05 bits per heavy atom. The highest BCUT2D eigenvalue weighted by atomic mass is 16.6. The molecule has 0 aliphatic carbocycles. The average molecular weight is 563 g/mol. The van der Waals surface area contributed by atoms with Gasteiger partial charge in [-0.2, -0.15) is 0 Å². The van der Waals surface area contributed by atoms with Gasteiger partial charge in [0.25, 0.3) is 0 Å². The molecule has 0 aromatic heterocycles. The first kappa shape index (κ1) is 34.6. The van der Waals surface area contributed by atoms with Crippen LogP contribution >= 0.6 is 0 Å². The SMILES string of the molecule is CC(C)(C)OC(=O)CC[C@@H](NC(=O)CC[C@H](NC(=O)Cc1ccccc1)C(=O)OC(C)(C)C)C(=O)OC(C)(C)C. The van der Waals surface area contributed by atoms with Crippen LogP contribution in [0.1, 0.15) is 93.6 Å². The summed E-state index contributed by atoms with van der Waals surface area (Å²) < 4.78 is 16.2. The molecule has 1 aromatic rings. The fourth-order valence-electron chi connectivity index (χ4n) is 3.47. The van der Waals surface area contributed by atoms with Crippen LogP contribution in [-0.2, 0) is 44.6 Å². The van der Waals surface area contributed by atoms with Gasteiger partial charge in [-0.25, -0.2) is 9.59 Å². The Hall–Kier alpha value is -3.43. The second-order valence-electron chi connectivity index (χ2n) is 12.6. The molecule has 0 spiro atoms. The third-order valence-electron chi connectivity index (χ3n) is 4.98. The van der Waals surface area contributed by atoms with Gasteiger partial charge in [-0.15, -0.1) is 0 Å². The van der Waals surface area contributed by atoms with Crippen molar-refractivity contribution >= 4 is 29.7 Å². The summed E-state index contributed by atoms with van der Waals surface area (Å²) in [6.07, 6.45) is -0.343. The molecule has 224 valence electrons. The van der Waals surface area contributed by atoms with Gasteiger partial charge in [0.05, 0.1) is 6.42 Å². The molecule has 2 amide bonds. The van der Waals surface area contributed by atoms with Gasteiger partial charge in [0.1, 0.15) is 28.9 Å². The summed E-state index contributed by atoms with van der Waals surface area (Å²) in [5.41, 5.74) is -1.53. The smallest absolute Gasteiger partial charge is 0.329 e. The Morgan fingerprint density at radius 3 is 1.50 bits per heavy atom. The molecule has 0 bridgehead atoms. The third kappa shape index (κ3) is 15.9. The highest BCUT2D eigenvalue weighted by Crippen LogP contribution is 2.15. The lowest BCUT2D eigenvalue weighted by atomic mass is 10.1. The minimum atomic E-state index is -1.10. The molecule has 0 radical (unpaired) electrons. The van der Waals surface area contributed by atoms with Crippen molar-refractivity contribution in [3.05, 3.63) is 35.9 Å². The second kappa shape index (κ2) is 14.8. The summed E-state index contributed by atoms with van der Waals surface area (Å²) in [7, 11) is 0. The van der Waals surface area contributed by atoms with Crippen molar-refractivity contribution in [1.29, 1.82) is 0 Å². The predicted octanol–water partition coefficient (Wildman–Crippen LogP) is 3.78. The van der Waals surface area contributed by atoms with E-state index in [1.807, 2.05) is 18.2 Å². The van der Waals surface area contributed by atoms with Crippen LogP contribution in [0.15, 0.2) is 30.3 Å². The van der Waals surface area contributed by atoms with Crippen LogP contribution in [0.2, 0.25) is 0 Å². The van der Waals surface area contributed by atoms with E-state index in [9.17, 15) is 24.0 Å². The molecule has 2 atom stereocenters. The van der Waals surface area contributed by atoms with Crippen LogP contribution in [0.4, 0.5) is 0 Å². The molecular weight excluding hydrogens is 516 g/mol. The molecule has 10 nitrogen and oxygen atoms in total. The van der Waals surface area contributed by atoms with E-state index in [1.54, 1.807) is 74.4 Å². The first-order chi connectivity index (χ1) is 18.2. The average Bonchev–Trinajstić information content (AvgIpc) is 2.76. The Morgan fingerprint density at radius 1 is 0.625 bits per heavy atom. The van der Waals surface area contributed by atoms with E-state index >= 15 is 0 Å². The zero-order valence-electron chi connectivity index (χ0n) is 25.3. The maximum Gasteiger partial charge on any atom is 0.329 e. The highest BCUT2D eigenvalue weighted by Gasteiger charge is 2.30. The van der Waals surface area contributed by atoms with Gasteiger partial charge in [-0.1, -0.05) is 30.3 Å². The van der Waals surface area contributed by atoms with Gasteiger partial charge in [0.2, 0.25) is 11.8 Å². The lowest BCUT2D eigenvalue weighted by Crippen LogP contribution is -2.47. The minimum Gasteiger partial charge on any atom is -0.460 e. The molecule has 1 rings (SSSR count). The van der Waals surface area contributed by atoms with E-state index in [0.717, 1.165) is 5.56 Å². The number of nitrogens with one attached hydrogen (secondary N) is 2. The summed E-state index contributed by atoms with van der Waals surface area (Å²) in [6.45, 7) is 15.4. The van der Waals surface area contributed by atoms with Crippen LogP contribution in [0.25, 0.3) is 0 Å². The largest absolute Gasteiger partial charge is 0.460 e. The fourth-order valence-corrected chi connectivity index (χ4v) is 3.47. The van der Waals surface area contributed by atoms with Gasteiger partial charge >= 0.3 is 17.9 Å². The number of benzene rings is 1. The Labute approximate surface area is 237 Å². The molecule has 1 aromatic carbocycles. The molecule has 0 saturated heterocycles. The molecule has 0 saturated carbocycles. The maximum absolute atomic E-state index is 12.9. The first-order valence-corrected chi connectivity index (χ1v) is 13.5. The van der Waals surface area contributed by atoms with E-state index in [2.05, 4.69) is 10.6 Å². The van der Waals surface area contributed by atoms with E-state index in [1.165, 1.54) is 0 Å². The van der Waals surface area contributed by atoms with Gasteiger partial charge in [-0.05, 0) is 80.7 Å². The Bertz CT molecular complexity index is 1020. The number of carbonyl (C=O) groups excluding carboxylic acids is 5. The zero-order chi connectivity index (χ0) is 30.7. The minimum absolute atomic E-state index is 0.0289. The van der Waals surface area contributed by atoms with E-state index < -0.39 is 58.6 Å².